The zero-order valence-electron chi connectivity index (χ0n) is 9.32. The first kappa shape index (κ1) is 11.6. The molecule has 0 spiro atoms. The maximum absolute atomic E-state index is 11.5. The molecule has 0 atom stereocenters. The summed E-state index contributed by atoms with van der Waals surface area (Å²) in [5.41, 5.74) is 1.17. The first-order chi connectivity index (χ1) is 7.09. The van der Waals surface area contributed by atoms with Crippen LogP contribution in [0.4, 0.5) is 0 Å². The maximum atomic E-state index is 11.5. The number of nitrogens with one attached hydrogen (secondary N) is 1. The van der Waals surface area contributed by atoms with Gasteiger partial charge in [0.1, 0.15) is 0 Å². The molecule has 15 heavy (non-hydrogen) atoms. The summed E-state index contributed by atoms with van der Waals surface area (Å²) in [5, 5.41) is 10.4. The van der Waals surface area contributed by atoms with Crippen LogP contribution in [-0.2, 0) is 0 Å². The van der Waals surface area contributed by atoms with Gasteiger partial charge in [0.25, 0.3) is 5.91 Å². The van der Waals surface area contributed by atoms with Gasteiger partial charge in [-0.15, -0.1) is 5.10 Å². The van der Waals surface area contributed by atoms with Crippen LogP contribution in [0.1, 0.15) is 16.2 Å². The molecule has 5 nitrogen and oxygen atoms in total. The van der Waals surface area contributed by atoms with Crippen LogP contribution in [0.5, 0.6) is 0 Å². The fourth-order valence-corrected chi connectivity index (χ4v) is 1.00. The lowest BCUT2D eigenvalue weighted by Crippen LogP contribution is -2.31. The van der Waals surface area contributed by atoms with E-state index in [1.165, 1.54) is 0 Å². The number of carbonyl (C=O) groups excluding carboxylic acids is 1. The lowest BCUT2D eigenvalue weighted by Gasteiger charge is -2.09. The first-order valence-electron chi connectivity index (χ1n) is 4.83. The van der Waals surface area contributed by atoms with Gasteiger partial charge in [0.2, 0.25) is 0 Å². The average molecular weight is 208 g/mol. The summed E-state index contributed by atoms with van der Waals surface area (Å²) >= 11 is 0. The van der Waals surface area contributed by atoms with E-state index in [0.29, 0.717) is 12.2 Å². The summed E-state index contributed by atoms with van der Waals surface area (Å²) in [7, 11) is 3.91. The number of carbonyl (C=O) groups is 1. The first-order valence-corrected chi connectivity index (χ1v) is 4.83. The summed E-state index contributed by atoms with van der Waals surface area (Å²) in [6.45, 7) is 3.26. The zero-order valence-corrected chi connectivity index (χ0v) is 9.32. The predicted molar refractivity (Wildman–Crippen MR) is 57.7 cm³/mol. The van der Waals surface area contributed by atoms with E-state index < -0.39 is 0 Å². The van der Waals surface area contributed by atoms with Gasteiger partial charge in [-0.3, -0.25) is 4.79 Å². The molecule has 5 heteroatoms. The van der Waals surface area contributed by atoms with Crippen LogP contribution in [0.3, 0.4) is 0 Å². The number of aromatic nitrogens is 2. The topological polar surface area (TPSA) is 58.1 Å². The minimum Gasteiger partial charge on any atom is -0.349 e. The molecule has 0 aliphatic heterocycles. The third kappa shape index (κ3) is 4.03. The summed E-state index contributed by atoms with van der Waals surface area (Å²) in [6, 6.07) is 3.45. The van der Waals surface area contributed by atoms with Gasteiger partial charge in [0, 0.05) is 13.1 Å². The summed E-state index contributed by atoms with van der Waals surface area (Å²) in [5.74, 6) is -0.177. The Morgan fingerprint density at radius 2 is 2.13 bits per heavy atom. The van der Waals surface area contributed by atoms with Gasteiger partial charge < -0.3 is 10.2 Å². The van der Waals surface area contributed by atoms with Crippen molar-refractivity contribution < 1.29 is 4.79 Å². The third-order valence-electron chi connectivity index (χ3n) is 1.88. The molecule has 1 amide bonds. The van der Waals surface area contributed by atoms with Gasteiger partial charge in [-0.2, -0.15) is 5.10 Å². The molecule has 0 aliphatic carbocycles. The number of hydrogen-bond donors (Lipinski definition) is 1. The molecule has 1 heterocycles. The lowest BCUT2D eigenvalue weighted by molar-refractivity contribution is 0.0945. The highest BCUT2D eigenvalue weighted by Gasteiger charge is 2.06. The van der Waals surface area contributed by atoms with E-state index in [1.54, 1.807) is 12.1 Å². The molecule has 1 aromatic rings. The average Bonchev–Trinajstić information content (AvgIpc) is 2.18. The molecule has 0 unspecified atom stereocenters. The van der Waals surface area contributed by atoms with Crippen molar-refractivity contribution >= 4 is 5.91 Å². The third-order valence-corrected chi connectivity index (χ3v) is 1.88. The molecular weight excluding hydrogens is 192 g/mol. The highest BCUT2D eigenvalue weighted by Crippen LogP contribution is 1.94. The van der Waals surface area contributed by atoms with Crippen molar-refractivity contribution in [3.05, 3.63) is 23.5 Å². The molecule has 0 aliphatic rings. The minimum atomic E-state index is -0.177. The summed E-state index contributed by atoms with van der Waals surface area (Å²) < 4.78 is 0. The van der Waals surface area contributed by atoms with Gasteiger partial charge >= 0.3 is 0 Å². The van der Waals surface area contributed by atoms with E-state index in [2.05, 4.69) is 15.5 Å². The van der Waals surface area contributed by atoms with Gasteiger partial charge in [-0.05, 0) is 33.2 Å². The van der Waals surface area contributed by atoms with Gasteiger partial charge in [0.05, 0.1) is 5.69 Å². The SMILES string of the molecule is Cc1ccc(C(=O)NCCN(C)C)nn1. The van der Waals surface area contributed by atoms with Crippen molar-refractivity contribution in [2.75, 3.05) is 27.2 Å². The maximum Gasteiger partial charge on any atom is 0.271 e. The highest BCUT2D eigenvalue weighted by molar-refractivity contribution is 5.91. The van der Waals surface area contributed by atoms with E-state index >= 15 is 0 Å². The van der Waals surface area contributed by atoms with Crippen LogP contribution in [-0.4, -0.2) is 48.2 Å². The second-order valence-corrected chi connectivity index (χ2v) is 3.62. The van der Waals surface area contributed by atoms with Crippen LogP contribution in [0.15, 0.2) is 12.1 Å². The molecule has 82 valence electrons. The standard InChI is InChI=1S/C10H16N4O/c1-8-4-5-9(13-12-8)10(15)11-6-7-14(2)3/h4-5H,6-7H2,1-3H3,(H,11,15). The van der Waals surface area contributed by atoms with Gasteiger partial charge in [0.15, 0.2) is 5.69 Å². The lowest BCUT2D eigenvalue weighted by atomic mass is 10.3. The molecule has 0 bridgehead atoms. The number of aryl methyl sites for hydroxylation is 1. The number of hydrogen-bond acceptors (Lipinski definition) is 4. The monoisotopic (exact) mass is 208 g/mol. The van der Waals surface area contributed by atoms with Crippen molar-refractivity contribution in [1.82, 2.24) is 20.4 Å². The molecule has 0 radical (unpaired) electrons. The Balaban J connectivity index is 2.43. The van der Waals surface area contributed by atoms with E-state index in [-0.39, 0.29) is 5.91 Å². The number of rotatable bonds is 4. The molecule has 0 saturated heterocycles. The summed E-state index contributed by atoms with van der Waals surface area (Å²) in [6.07, 6.45) is 0. The smallest absolute Gasteiger partial charge is 0.271 e. The number of amides is 1. The van der Waals surface area contributed by atoms with Crippen LogP contribution >= 0.6 is 0 Å². The fourth-order valence-electron chi connectivity index (χ4n) is 1.00. The van der Waals surface area contributed by atoms with Crippen molar-refractivity contribution in [3.8, 4) is 0 Å². The van der Waals surface area contributed by atoms with Crippen molar-refractivity contribution in [1.29, 1.82) is 0 Å². The Hall–Kier alpha value is -1.49. The molecular formula is C10H16N4O. The fraction of sp³-hybridized carbons (Fsp3) is 0.500. The Morgan fingerprint density at radius 1 is 1.40 bits per heavy atom. The second-order valence-electron chi connectivity index (χ2n) is 3.62. The van der Waals surface area contributed by atoms with E-state index in [0.717, 1.165) is 12.2 Å². The van der Waals surface area contributed by atoms with Gasteiger partial charge in [-0.1, -0.05) is 0 Å². The van der Waals surface area contributed by atoms with Crippen molar-refractivity contribution in [3.63, 3.8) is 0 Å². The number of nitrogens with zero attached hydrogens (tertiary/aromatic N) is 3. The molecule has 1 rings (SSSR count). The van der Waals surface area contributed by atoms with Gasteiger partial charge in [-0.25, -0.2) is 0 Å². The van der Waals surface area contributed by atoms with E-state index in [4.69, 9.17) is 0 Å². The molecule has 1 aromatic heterocycles. The van der Waals surface area contributed by atoms with Crippen LogP contribution in [0.25, 0.3) is 0 Å². The minimum absolute atomic E-state index is 0.177. The van der Waals surface area contributed by atoms with E-state index in [1.807, 2.05) is 25.9 Å². The van der Waals surface area contributed by atoms with E-state index in [9.17, 15) is 4.79 Å². The Morgan fingerprint density at radius 3 is 2.67 bits per heavy atom. The number of likely N-dealkylation sites (N-methyl/N-ethyl adjacent to an activating group) is 1. The Bertz CT molecular complexity index is 321. The molecule has 0 fully saturated rings. The van der Waals surface area contributed by atoms with Crippen molar-refractivity contribution in [2.45, 2.75) is 6.92 Å². The predicted octanol–water partition coefficient (Wildman–Crippen LogP) is 0.0764. The Labute approximate surface area is 89.5 Å². The normalized spacial score (nSPS) is 10.4. The quantitative estimate of drug-likeness (QED) is 0.761. The van der Waals surface area contributed by atoms with Crippen LogP contribution in [0.2, 0.25) is 0 Å². The second kappa shape index (κ2) is 5.41. The molecule has 1 N–H and O–H groups in total. The largest absolute Gasteiger partial charge is 0.349 e. The Kier molecular flexibility index (Phi) is 4.17. The van der Waals surface area contributed by atoms with Crippen LogP contribution < -0.4 is 5.32 Å². The highest BCUT2D eigenvalue weighted by atomic mass is 16.1. The summed E-state index contributed by atoms with van der Waals surface area (Å²) in [4.78, 5) is 13.5. The molecule has 0 aromatic carbocycles. The van der Waals surface area contributed by atoms with Crippen molar-refractivity contribution in [2.24, 2.45) is 0 Å². The van der Waals surface area contributed by atoms with Crippen LogP contribution in [0, 0.1) is 6.92 Å². The molecule has 0 saturated carbocycles. The zero-order chi connectivity index (χ0) is 11.3.